The van der Waals surface area contributed by atoms with Crippen molar-refractivity contribution in [3.8, 4) is 5.75 Å². The van der Waals surface area contributed by atoms with Crippen molar-refractivity contribution in [2.24, 2.45) is 0 Å². The van der Waals surface area contributed by atoms with Gasteiger partial charge in [0, 0.05) is 22.0 Å². The molecule has 3 rings (SSSR count). The molecule has 3 aromatic rings. The Morgan fingerprint density at radius 2 is 1.77 bits per heavy atom. The van der Waals surface area contributed by atoms with Crippen LogP contribution in [0.2, 0.25) is 0 Å². The molecule has 2 aromatic carbocycles. The maximum atomic E-state index is 11.9. The van der Waals surface area contributed by atoms with Crippen LogP contribution in [0.25, 0.3) is 11.0 Å². The van der Waals surface area contributed by atoms with Gasteiger partial charge in [0.15, 0.2) is 0 Å². The average molecular weight is 359 g/mol. The summed E-state index contributed by atoms with van der Waals surface area (Å²) in [5, 5.41) is 0.771. The summed E-state index contributed by atoms with van der Waals surface area (Å²) in [7, 11) is 0. The van der Waals surface area contributed by atoms with Crippen molar-refractivity contribution in [2.75, 3.05) is 0 Å². The zero-order valence-corrected chi connectivity index (χ0v) is 13.0. The summed E-state index contributed by atoms with van der Waals surface area (Å²) in [5.41, 5.74) is 0.813. The van der Waals surface area contributed by atoms with E-state index in [2.05, 4.69) is 15.9 Å². The summed E-state index contributed by atoms with van der Waals surface area (Å²) in [6.07, 6.45) is 0.171. The first-order valence-electron chi connectivity index (χ1n) is 6.59. The highest BCUT2D eigenvalue weighted by atomic mass is 79.9. The molecule has 1 aromatic heterocycles. The van der Waals surface area contributed by atoms with Crippen LogP contribution in [-0.4, -0.2) is 5.97 Å². The maximum Gasteiger partial charge on any atom is 0.336 e. The monoisotopic (exact) mass is 358 g/mol. The summed E-state index contributed by atoms with van der Waals surface area (Å²) in [4.78, 5) is 23.2. The number of carbonyl (C=O) groups is 1. The first-order chi connectivity index (χ1) is 10.6. The molecule has 0 spiro atoms. The second-order valence-electron chi connectivity index (χ2n) is 4.73. The van der Waals surface area contributed by atoms with Crippen LogP contribution in [0, 0.1) is 0 Å². The zero-order valence-electron chi connectivity index (χ0n) is 11.4. The van der Waals surface area contributed by atoms with Gasteiger partial charge in [0.25, 0.3) is 0 Å². The highest BCUT2D eigenvalue weighted by Gasteiger charge is 2.08. The highest BCUT2D eigenvalue weighted by molar-refractivity contribution is 9.10. The second-order valence-corrected chi connectivity index (χ2v) is 5.65. The topological polar surface area (TPSA) is 56.5 Å². The highest BCUT2D eigenvalue weighted by Crippen LogP contribution is 2.20. The molecule has 0 fully saturated rings. The van der Waals surface area contributed by atoms with Crippen LogP contribution in [0.1, 0.15) is 5.56 Å². The second kappa shape index (κ2) is 6.15. The lowest BCUT2D eigenvalue weighted by Gasteiger charge is -2.05. The summed E-state index contributed by atoms with van der Waals surface area (Å²) in [6, 6.07) is 15.4. The van der Waals surface area contributed by atoms with Gasteiger partial charge in [-0.15, -0.1) is 0 Å². The van der Waals surface area contributed by atoms with Crippen molar-refractivity contribution >= 4 is 32.9 Å². The van der Waals surface area contributed by atoms with E-state index in [1.807, 2.05) is 24.3 Å². The minimum atomic E-state index is -0.439. The fourth-order valence-corrected chi connectivity index (χ4v) is 2.31. The third-order valence-electron chi connectivity index (χ3n) is 3.09. The standard InChI is InChI=1S/C17H11BrO4/c18-13-5-1-11(2-6-13)9-17(20)21-14-7-3-12-4-8-16(19)22-15(12)10-14/h1-8,10H,9H2. The molecular weight excluding hydrogens is 348 g/mol. The SMILES string of the molecule is O=C(Cc1ccc(Br)cc1)Oc1ccc2ccc(=O)oc2c1. The number of halogens is 1. The Kier molecular flexibility index (Phi) is 4.06. The van der Waals surface area contributed by atoms with E-state index in [4.69, 9.17) is 9.15 Å². The molecular formula is C17H11BrO4. The fourth-order valence-electron chi connectivity index (χ4n) is 2.04. The van der Waals surface area contributed by atoms with Gasteiger partial charge >= 0.3 is 11.6 Å². The smallest absolute Gasteiger partial charge is 0.336 e. The van der Waals surface area contributed by atoms with Crippen LogP contribution >= 0.6 is 15.9 Å². The molecule has 0 atom stereocenters. The normalized spacial score (nSPS) is 10.6. The molecule has 1 heterocycles. The van der Waals surface area contributed by atoms with Crippen molar-refractivity contribution in [1.29, 1.82) is 0 Å². The quantitative estimate of drug-likeness (QED) is 0.407. The van der Waals surface area contributed by atoms with Gasteiger partial charge in [0.1, 0.15) is 11.3 Å². The summed E-state index contributed by atoms with van der Waals surface area (Å²) >= 11 is 3.34. The summed E-state index contributed by atoms with van der Waals surface area (Å²) in [6.45, 7) is 0. The van der Waals surface area contributed by atoms with E-state index in [0.29, 0.717) is 11.3 Å². The number of rotatable bonds is 3. The van der Waals surface area contributed by atoms with Crippen molar-refractivity contribution in [2.45, 2.75) is 6.42 Å². The predicted octanol–water partition coefficient (Wildman–Crippen LogP) is 3.70. The van der Waals surface area contributed by atoms with Gasteiger partial charge in [-0.1, -0.05) is 28.1 Å². The minimum Gasteiger partial charge on any atom is -0.426 e. The summed E-state index contributed by atoms with van der Waals surface area (Å²) < 4.78 is 11.3. The molecule has 0 radical (unpaired) electrons. The van der Waals surface area contributed by atoms with Gasteiger partial charge in [0.05, 0.1) is 6.42 Å². The van der Waals surface area contributed by atoms with Crippen LogP contribution in [-0.2, 0) is 11.2 Å². The Morgan fingerprint density at radius 3 is 2.55 bits per heavy atom. The molecule has 0 unspecified atom stereocenters. The van der Waals surface area contributed by atoms with Gasteiger partial charge in [0.2, 0.25) is 0 Å². The fraction of sp³-hybridized carbons (Fsp3) is 0.0588. The third-order valence-corrected chi connectivity index (χ3v) is 3.62. The van der Waals surface area contributed by atoms with Crippen LogP contribution in [0.3, 0.4) is 0 Å². The molecule has 0 saturated heterocycles. The van der Waals surface area contributed by atoms with E-state index >= 15 is 0 Å². The van der Waals surface area contributed by atoms with E-state index in [-0.39, 0.29) is 12.4 Å². The van der Waals surface area contributed by atoms with Gasteiger partial charge in [-0.05, 0) is 35.9 Å². The number of hydrogen-bond donors (Lipinski definition) is 0. The average Bonchev–Trinajstić information content (AvgIpc) is 2.49. The van der Waals surface area contributed by atoms with E-state index in [9.17, 15) is 9.59 Å². The third kappa shape index (κ3) is 3.43. The lowest BCUT2D eigenvalue weighted by atomic mass is 10.1. The van der Waals surface area contributed by atoms with Crippen molar-refractivity contribution in [1.82, 2.24) is 0 Å². The van der Waals surface area contributed by atoms with E-state index in [1.54, 1.807) is 18.2 Å². The van der Waals surface area contributed by atoms with E-state index < -0.39 is 5.63 Å². The molecule has 0 saturated carbocycles. The van der Waals surface area contributed by atoms with Crippen molar-refractivity contribution < 1.29 is 13.9 Å². The maximum absolute atomic E-state index is 11.9. The Balaban J connectivity index is 1.76. The number of benzene rings is 2. The number of ether oxygens (including phenoxy) is 1. The predicted molar refractivity (Wildman–Crippen MR) is 86.0 cm³/mol. The van der Waals surface area contributed by atoms with E-state index in [0.717, 1.165) is 15.4 Å². The Bertz CT molecular complexity index is 881. The van der Waals surface area contributed by atoms with Gasteiger partial charge in [-0.25, -0.2) is 4.79 Å². The molecule has 5 heteroatoms. The van der Waals surface area contributed by atoms with Gasteiger partial charge in [-0.3, -0.25) is 4.79 Å². The Hall–Kier alpha value is -2.40. The Labute approximate surface area is 134 Å². The van der Waals surface area contributed by atoms with E-state index in [1.165, 1.54) is 12.1 Å². The molecule has 0 aliphatic rings. The molecule has 0 aliphatic heterocycles. The summed E-state index contributed by atoms with van der Waals surface area (Å²) in [5.74, 6) is -0.0242. The number of fused-ring (bicyclic) bond motifs is 1. The number of carbonyl (C=O) groups excluding carboxylic acids is 1. The van der Waals surface area contributed by atoms with Crippen LogP contribution in [0.15, 0.2) is 68.3 Å². The van der Waals surface area contributed by atoms with Crippen LogP contribution in [0.4, 0.5) is 0 Å². The number of hydrogen-bond acceptors (Lipinski definition) is 4. The van der Waals surface area contributed by atoms with Crippen LogP contribution in [0.5, 0.6) is 5.75 Å². The van der Waals surface area contributed by atoms with Gasteiger partial charge < -0.3 is 9.15 Å². The van der Waals surface area contributed by atoms with Crippen LogP contribution < -0.4 is 10.4 Å². The molecule has 0 N–H and O–H groups in total. The molecule has 22 heavy (non-hydrogen) atoms. The molecule has 4 nitrogen and oxygen atoms in total. The minimum absolute atomic E-state index is 0.171. The lowest BCUT2D eigenvalue weighted by Crippen LogP contribution is -2.11. The molecule has 0 bridgehead atoms. The van der Waals surface area contributed by atoms with Crippen molar-refractivity contribution in [3.05, 3.63) is 75.1 Å². The lowest BCUT2D eigenvalue weighted by molar-refractivity contribution is -0.133. The largest absolute Gasteiger partial charge is 0.426 e. The Morgan fingerprint density at radius 1 is 1.05 bits per heavy atom. The van der Waals surface area contributed by atoms with Gasteiger partial charge in [-0.2, -0.15) is 0 Å². The molecule has 0 amide bonds. The molecule has 110 valence electrons. The number of esters is 1. The molecule has 0 aliphatic carbocycles. The van der Waals surface area contributed by atoms with Crippen molar-refractivity contribution in [3.63, 3.8) is 0 Å². The first-order valence-corrected chi connectivity index (χ1v) is 7.38. The first kappa shape index (κ1) is 14.5. The zero-order chi connectivity index (χ0) is 15.5.